The molecule has 1 unspecified atom stereocenters. The quantitative estimate of drug-likeness (QED) is 0.575. The Labute approximate surface area is 122 Å². The lowest BCUT2D eigenvalue weighted by Gasteiger charge is -2.33. The van der Waals surface area contributed by atoms with Crippen molar-refractivity contribution in [1.29, 1.82) is 5.41 Å². The SMILES string of the molecule is N=C(N)CC1CCCN(c2ccc3ncnc(N)c3n2)C1. The second kappa shape index (κ2) is 5.51. The van der Waals surface area contributed by atoms with Crippen LogP contribution < -0.4 is 16.4 Å². The molecule has 2 aromatic heterocycles. The first-order chi connectivity index (χ1) is 10.1. The zero-order valence-electron chi connectivity index (χ0n) is 11.8. The third kappa shape index (κ3) is 2.86. The highest BCUT2D eigenvalue weighted by Crippen LogP contribution is 2.25. The Morgan fingerprint density at radius 2 is 2.24 bits per heavy atom. The van der Waals surface area contributed by atoms with Crippen LogP contribution in [0.15, 0.2) is 18.5 Å². The molecule has 3 heterocycles. The van der Waals surface area contributed by atoms with Gasteiger partial charge in [0.25, 0.3) is 0 Å². The molecule has 5 N–H and O–H groups in total. The molecule has 3 rings (SSSR count). The number of hydrogen-bond acceptors (Lipinski definition) is 6. The maximum atomic E-state index is 7.45. The van der Waals surface area contributed by atoms with E-state index in [1.807, 2.05) is 12.1 Å². The van der Waals surface area contributed by atoms with Crippen LogP contribution in [0.1, 0.15) is 19.3 Å². The minimum atomic E-state index is 0.256. The smallest absolute Gasteiger partial charge is 0.153 e. The summed E-state index contributed by atoms with van der Waals surface area (Å²) < 4.78 is 0. The van der Waals surface area contributed by atoms with Crippen LogP contribution in [0, 0.1) is 11.3 Å². The van der Waals surface area contributed by atoms with Crippen LogP contribution in [0.2, 0.25) is 0 Å². The molecule has 1 saturated heterocycles. The highest BCUT2D eigenvalue weighted by atomic mass is 15.2. The van der Waals surface area contributed by atoms with Gasteiger partial charge in [-0.1, -0.05) is 0 Å². The van der Waals surface area contributed by atoms with Crippen LogP contribution in [0.5, 0.6) is 0 Å². The van der Waals surface area contributed by atoms with Gasteiger partial charge in [0, 0.05) is 19.5 Å². The van der Waals surface area contributed by atoms with Gasteiger partial charge in [0.2, 0.25) is 0 Å². The van der Waals surface area contributed by atoms with Crippen molar-refractivity contribution < 1.29 is 0 Å². The molecule has 0 saturated carbocycles. The van der Waals surface area contributed by atoms with Gasteiger partial charge < -0.3 is 16.4 Å². The molecule has 1 aliphatic rings. The molecule has 1 fully saturated rings. The predicted molar refractivity (Wildman–Crippen MR) is 83.2 cm³/mol. The van der Waals surface area contributed by atoms with Crippen molar-refractivity contribution in [3.8, 4) is 0 Å². The molecule has 110 valence electrons. The minimum absolute atomic E-state index is 0.256. The van der Waals surface area contributed by atoms with E-state index < -0.39 is 0 Å². The number of nitrogens with one attached hydrogen (secondary N) is 1. The molecule has 0 amide bonds. The van der Waals surface area contributed by atoms with E-state index in [0.717, 1.165) is 37.3 Å². The third-order valence-corrected chi connectivity index (χ3v) is 3.85. The summed E-state index contributed by atoms with van der Waals surface area (Å²) in [5, 5.41) is 7.45. The van der Waals surface area contributed by atoms with Crippen molar-refractivity contribution in [2.24, 2.45) is 11.7 Å². The number of anilines is 2. The van der Waals surface area contributed by atoms with Crippen LogP contribution in [-0.4, -0.2) is 33.9 Å². The lowest BCUT2D eigenvalue weighted by Crippen LogP contribution is -2.37. The zero-order valence-corrected chi connectivity index (χ0v) is 11.8. The number of fused-ring (bicyclic) bond motifs is 1. The van der Waals surface area contributed by atoms with Gasteiger partial charge in [-0.05, 0) is 30.9 Å². The number of rotatable bonds is 3. The number of nitrogens with two attached hydrogens (primary N) is 2. The van der Waals surface area contributed by atoms with E-state index in [9.17, 15) is 0 Å². The van der Waals surface area contributed by atoms with Gasteiger partial charge in [-0.25, -0.2) is 15.0 Å². The molecule has 0 aliphatic carbocycles. The largest absolute Gasteiger partial charge is 0.388 e. The van der Waals surface area contributed by atoms with Crippen LogP contribution in [-0.2, 0) is 0 Å². The fourth-order valence-corrected chi connectivity index (χ4v) is 2.88. The maximum Gasteiger partial charge on any atom is 0.153 e. The fraction of sp³-hybridized carbons (Fsp3) is 0.429. The zero-order chi connectivity index (χ0) is 14.8. The predicted octanol–water partition coefficient (Wildman–Crippen LogP) is 1.15. The topological polar surface area (TPSA) is 118 Å². The number of amidine groups is 1. The Kier molecular flexibility index (Phi) is 3.55. The van der Waals surface area contributed by atoms with Gasteiger partial charge >= 0.3 is 0 Å². The molecule has 7 heteroatoms. The Hall–Kier alpha value is -2.44. The molecule has 0 aromatic carbocycles. The lowest BCUT2D eigenvalue weighted by atomic mass is 9.94. The minimum Gasteiger partial charge on any atom is -0.388 e. The van der Waals surface area contributed by atoms with Crippen molar-refractivity contribution in [3.05, 3.63) is 18.5 Å². The Morgan fingerprint density at radius 3 is 3.05 bits per heavy atom. The van der Waals surface area contributed by atoms with Crippen molar-refractivity contribution in [2.75, 3.05) is 23.7 Å². The van der Waals surface area contributed by atoms with Gasteiger partial charge in [0.15, 0.2) is 5.82 Å². The van der Waals surface area contributed by atoms with Crippen LogP contribution in [0.4, 0.5) is 11.6 Å². The first kappa shape index (κ1) is 13.5. The van der Waals surface area contributed by atoms with E-state index in [-0.39, 0.29) is 5.84 Å². The summed E-state index contributed by atoms with van der Waals surface area (Å²) in [6, 6.07) is 3.88. The number of aromatic nitrogens is 3. The first-order valence-electron chi connectivity index (χ1n) is 7.08. The summed E-state index contributed by atoms with van der Waals surface area (Å²) >= 11 is 0. The number of piperidine rings is 1. The molecule has 1 aliphatic heterocycles. The van der Waals surface area contributed by atoms with Crippen LogP contribution in [0.25, 0.3) is 11.0 Å². The Morgan fingerprint density at radius 1 is 1.38 bits per heavy atom. The molecule has 21 heavy (non-hydrogen) atoms. The van der Waals surface area contributed by atoms with Gasteiger partial charge in [-0.2, -0.15) is 0 Å². The van der Waals surface area contributed by atoms with Gasteiger partial charge in [-0.3, -0.25) is 5.41 Å². The van der Waals surface area contributed by atoms with Crippen molar-refractivity contribution >= 4 is 28.5 Å². The Balaban J connectivity index is 1.86. The fourth-order valence-electron chi connectivity index (χ4n) is 2.88. The molecular formula is C14H19N7. The maximum absolute atomic E-state index is 7.45. The number of nitrogens with zero attached hydrogens (tertiary/aromatic N) is 4. The molecule has 2 aromatic rings. The van der Waals surface area contributed by atoms with E-state index in [2.05, 4.69) is 19.9 Å². The molecule has 0 bridgehead atoms. The number of hydrogen-bond donors (Lipinski definition) is 3. The molecule has 7 nitrogen and oxygen atoms in total. The van der Waals surface area contributed by atoms with E-state index in [0.29, 0.717) is 23.7 Å². The van der Waals surface area contributed by atoms with E-state index in [1.165, 1.54) is 6.33 Å². The summed E-state index contributed by atoms with van der Waals surface area (Å²) in [5.41, 5.74) is 12.8. The van der Waals surface area contributed by atoms with Gasteiger partial charge in [-0.15, -0.1) is 0 Å². The summed E-state index contributed by atoms with van der Waals surface area (Å²) in [6.45, 7) is 1.83. The van der Waals surface area contributed by atoms with Crippen LogP contribution >= 0.6 is 0 Å². The number of pyridine rings is 1. The third-order valence-electron chi connectivity index (χ3n) is 3.85. The monoisotopic (exact) mass is 285 g/mol. The summed E-state index contributed by atoms with van der Waals surface area (Å²) in [6.07, 6.45) is 4.28. The molecule has 0 spiro atoms. The van der Waals surface area contributed by atoms with Crippen molar-refractivity contribution in [2.45, 2.75) is 19.3 Å². The molecular weight excluding hydrogens is 266 g/mol. The van der Waals surface area contributed by atoms with Gasteiger partial charge in [0.1, 0.15) is 17.7 Å². The Bertz CT molecular complexity index is 669. The summed E-state index contributed by atoms with van der Waals surface area (Å²) in [5.74, 6) is 1.96. The summed E-state index contributed by atoms with van der Waals surface area (Å²) in [7, 11) is 0. The second-order valence-corrected chi connectivity index (χ2v) is 5.48. The average molecular weight is 285 g/mol. The number of nitrogen functional groups attached to an aromatic ring is 1. The standard InChI is InChI=1S/C14H19N7/c15-11(16)6-9-2-1-5-21(7-9)12-4-3-10-13(20-12)14(17)19-8-18-10/h3-4,8-9H,1-2,5-7H2,(H3,15,16)(H2,17,18,19). The van der Waals surface area contributed by atoms with Gasteiger partial charge in [0.05, 0.1) is 11.4 Å². The van der Waals surface area contributed by atoms with Crippen molar-refractivity contribution in [3.63, 3.8) is 0 Å². The highest BCUT2D eigenvalue weighted by Gasteiger charge is 2.22. The van der Waals surface area contributed by atoms with E-state index in [4.69, 9.17) is 16.9 Å². The molecule has 1 atom stereocenters. The highest BCUT2D eigenvalue weighted by molar-refractivity contribution is 5.85. The second-order valence-electron chi connectivity index (χ2n) is 5.48. The molecule has 0 radical (unpaired) electrons. The van der Waals surface area contributed by atoms with Crippen LogP contribution in [0.3, 0.4) is 0 Å². The lowest BCUT2D eigenvalue weighted by molar-refractivity contribution is 0.424. The summed E-state index contributed by atoms with van der Waals surface area (Å²) in [4.78, 5) is 15.0. The van der Waals surface area contributed by atoms with E-state index in [1.54, 1.807) is 0 Å². The average Bonchev–Trinajstić information content (AvgIpc) is 2.47. The van der Waals surface area contributed by atoms with Crippen molar-refractivity contribution in [1.82, 2.24) is 15.0 Å². The normalized spacial score (nSPS) is 18.9. The van der Waals surface area contributed by atoms with E-state index >= 15 is 0 Å². The first-order valence-corrected chi connectivity index (χ1v) is 7.08.